The minimum atomic E-state index is -0.0324. The van der Waals surface area contributed by atoms with Gasteiger partial charge in [0.25, 0.3) is 5.91 Å². The van der Waals surface area contributed by atoms with E-state index in [0.29, 0.717) is 14.2 Å². The Morgan fingerprint density at radius 1 is 1.42 bits per heavy atom. The van der Waals surface area contributed by atoms with E-state index in [9.17, 15) is 4.79 Å². The monoisotopic (exact) mass is 342 g/mol. The van der Waals surface area contributed by atoms with Crippen LogP contribution in [0.2, 0.25) is 8.67 Å². The van der Waals surface area contributed by atoms with E-state index < -0.39 is 0 Å². The van der Waals surface area contributed by atoms with E-state index in [1.54, 1.807) is 11.0 Å². The number of rotatable bonds is 2. The first kappa shape index (κ1) is 17.1. The summed E-state index contributed by atoms with van der Waals surface area (Å²) in [5, 5.41) is 3.34. The van der Waals surface area contributed by atoms with Gasteiger partial charge in [-0.05, 0) is 38.4 Å². The van der Waals surface area contributed by atoms with Crippen LogP contribution in [0.1, 0.15) is 29.6 Å². The van der Waals surface area contributed by atoms with Crippen molar-refractivity contribution in [2.45, 2.75) is 25.3 Å². The molecule has 1 saturated heterocycles. The van der Waals surface area contributed by atoms with E-state index in [1.807, 2.05) is 7.05 Å². The van der Waals surface area contributed by atoms with E-state index in [1.165, 1.54) is 11.3 Å². The Balaban J connectivity index is 0.00000180. The second-order valence-corrected chi connectivity index (χ2v) is 6.77. The van der Waals surface area contributed by atoms with Gasteiger partial charge in [-0.25, -0.2) is 0 Å². The maximum Gasteiger partial charge on any atom is 0.256 e. The van der Waals surface area contributed by atoms with E-state index >= 15 is 0 Å². The van der Waals surface area contributed by atoms with Crippen molar-refractivity contribution in [3.05, 3.63) is 20.3 Å². The van der Waals surface area contributed by atoms with Crippen LogP contribution >= 0.6 is 46.9 Å². The molecule has 2 heterocycles. The molecule has 0 radical (unpaired) electrons. The van der Waals surface area contributed by atoms with Crippen LogP contribution in [0.3, 0.4) is 0 Å². The largest absolute Gasteiger partial charge is 0.339 e. The number of nitrogens with one attached hydrogen (secondary N) is 1. The van der Waals surface area contributed by atoms with Crippen LogP contribution < -0.4 is 5.32 Å². The lowest BCUT2D eigenvalue weighted by Crippen LogP contribution is -2.37. The van der Waals surface area contributed by atoms with Crippen molar-refractivity contribution in [3.8, 4) is 0 Å². The summed E-state index contributed by atoms with van der Waals surface area (Å²) in [4.78, 5) is 14.2. The van der Waals surface area contributed by atoms with E-state index in [2.05, 4.69) is 5.32 Å². The number of carbonyl (C=O) groups excluding carboxylic acids is 1. The Labute approximate surface area is 133 Å². The van der Waals surface area contributed by atoms with Gasteiger partial charge in [-0.2, -0.15) is 0 Å². The highest BCUT2D eigenvalue weighted by molar-refractivity contribution is 7.20. The van der Waals surface area contributed by atoms with Crippen molar-refractivity contribution in [1.29, 1.82) is 0 Å². The lowest BCUT2D eigenvalue weighted by Gasteiger charge is -2.26. The molecule has 3 nitrogen and oxygen atoms in total. The highest BCUT2D eigenvalue weighted by atomic mass is 35.5. The van der Waals surface area contributed by atoms with Gasteiger partial charge in [0.2, 0.25) is 0 Å². The third-order valence-electron chi connectivity index (χ3n) is 3.30. The first-order valence-electron chi connectivity index (χ1n) is 6.02. The maximum absolute atomic E-state index is 12.4. The van der Waals surface area contributed by atoms with Crippen molar-refractivity contribution in [1.82, 2.24) is 10.2 Å². The Morgan fingerprint density at radius 2 is 2.16 bits per heavy atom. The third kappa shape index (κ3) is 4.23. The molecule has 1 aliphatic heterocycles. The van der Waals surface area contributed by atoms with Crippen molar-refractivity contribution in [2.24, 2.45) is 0 Å². The summed E-state index contributed by atoms with van der Waals surface area (Å²) in [5.41, 5.74) is 0.520. The molecule has 0 bridgehead atoms. The van der Waals surface area contributed by atoms with Gasteiger partial charge < -0.3 is 10.2 Å². The normalized spacial score (nSPS) is 19.4. The fourth-order valence-corrected chi connectivity index (χ4v) is 3.68. The highest BCUT2D eigenvalue weighted by Crippen LogP contribution is 2.32. The zero-order chi connectivity index (χ0) is 13.1. The minimum Gasteiger partial charge on any atom is -0.339 e. The van der Waals surface area contributed by atoms with Gasteiger partial charge in [0.15, 0.2) is 0 Å². The Hall–Kier alpha value is -0.000000000000000167. The van der Waals surface area contributed by atoms with Crippen molar-refractivity contribution >= 4 is 52.9 Å². The maximum atomic E-state index is 12.4. The minimum absolute atomic E-state index is 0. The molecule has 19 heavy (non-hydrogen) atoms. The molecule has 108 valence electrons. The van der Waals surface area contributed by atoms with Crippen molar-refractivity contribution in [2.75, 3.05) is 20.1 Å². The van der Waals surface area contributed by atoms with Crippen molar-refractivity contribution in [3.63, 3.8) is 0 Å². The van der Waals surface area contributed by atoms with E-state index in [0.717, 1.165) is 32.4 Å². The van der Waals surface area contributed by atoms with Gasteiger partial charge >= 0.3 is 0 Å². The van der Waals surface area contributed by atoms with Gasteiger partial charge in [-0.15, -0.1) is 23.7 Å². The summed E-state index contributed by atoms with van der Waals surface area (Å²) >= 11 is 13.1. The fourth-order valence-electron chi connectivity index (χ4n) is 2.23. The van der Waals surface area contributed by atoms with Crippen LogP contribution in [0, 0.1) is 0 Å². The zero-order valence-electron chi connectivity index (χ0n) is 10.6. The van der Waals surface area contributed by atoms with Crippen LogP contribution in [0.4, 0.5) is 0 Å². The zero-order valence-corrected chi connectivity index (χ0v) is 13.8. The summed E-state index contributed by atoms with van der Waals surface area (Å²) in [7, 11) is 1.85. The SMILES string of the molecule is CN(C(=O)c1cc(Cl)sc1Cl)C1CCCNCC1.Cl. The van der Waals surface area contributed by atoms with Crippen LogP contribution in [0.5, 0.6) is 0 Å². The quantitative estimate of drug-likeness (QED) is 0.888. The van der Waals surface area contributed by atoms with Gasteiger partial charge in [0.1, 0.15) is 4.34 Å². The Kier molecular flexibility index (Phi) is 6.91. The molecule has 0 spiro atoms. The highest BCUT2D eigenvalue weighted by Gasteiger charge is 2.24. The Bertz CT molecular complexity index is 431. The van der Waals surface area contributed by atoms with Gasteiger partial charge in [-0.3, -0.25) is 4.79 Å². The average molecular weight is 344 g/mol. The van der Waals surface area contributed by atoms with Crippen LogP contribution in [0.25, 0.3) is 0 Å². The summed E-state index contributed by atoms with van der Waals surface area (Å²) in [6.45, 7) is 1.99. The number of halogens is 3. The predicted molar refractivity (Wildman–Crippen MR) is 84.2 cm³/mol. The standard InChI is InChI=1S/C12H16Cl2N2OS.ClH/c1-16(8-3-2-5-15-6-4-8)12(17)9-7-10(13)18-11(9)14;/h7-8,15H,2-6H2,1H3;1H. The molecular weight excluding hydrogens is 327 g/mol. The topological polar surface area (TPSA) is 32.3 Å². The molecule has 1 aromatic heterocycles. The summed E-state index contributed by atoms with van der Waals surface area (Å²) in [6, 6.07) is 1.93. The third-order valence-corrected chi connectivity index (χ3v) is 4.79. The summed E-state index contributed by atoms with van der Waals surface area (Å²) in [5.74, 6) is -0.0324. The molecule has 0 aromatic carbocycles. The van der Waals surface area contributed by atoms with Crippen molar-refractivity contribution < 1.29 is 4.79 Å². The smallest absolute Gasteiger partial charge is 0.256 e. The Morgan fingerprint density at radius 3 is 2.79 bits per heavy atom. The summed E-state index contributed by atoms with van der Waals surface area (Å²) in [6.07, 6.45) is 3.11. The molecule has 0 aliphatic carbocycles. The second kappa shape index (κ2) is 7.70. The lowest BCUT2D eigenvalue weighted by atomic mass is 10.1. The number of carbonyl (C=O) groups is 1. The van der Waals surface area contributed by atoms with E-state index in [-0.39, 0.29) is 24.4 Å². The molecule has 1 aliphatic rings. The molecule has 0 saturated carbocycles. The molecule has 1 atom stereocenters. The number of thiophene rings is 1. The molecule has 1 aromatic rings. The lowest BCUT2D eigenvalue weighted by molar-refractivity contribution is 0.0721. The molecular formula is C12H17Cl3N2OS. The molecule has 1 fully saturated rings. The van der Waals surface area contributed by atoms with Gasteiger partial charge in [0, 0.05) is 13.1 Å². The first-order chi connectivity index (χ1) is 8.59. The number of hydrogen-bond donors (Lipinski definition) is 1. The molecule has 1 N–H and O–H groups in total. The fraction of sp³-hybridized carbons (Fsp3) is 0.583. The summed E-state index contributed by atoms with van der Waals surface area (Å²) < 4.78 is 1.03. The predicted octanol–water partition coefficient (Wildman–Crippen LogP) is 3.69. The van der Waals surface area contributed by atoms with Gasteiger partial charge in [0.05, 0.1) is 9.90 Å². The first-order valence-corrected chi connectivity index (χ1v) is 7.59. The van der Waals surface area contributed by atoms with Crippen LogP contribution in [-0.2, 0) is 0 Å². The number of hydrogen-bond acceptors (Lipinski definition) is 3. The second-order valence-electron chi connectivity index (χ2n) is 4.49. The van der Waals surface area contributed by atoms with E-state index in [4.69, 9.17) is 23.2 Å². The average Bonchev–Trinajstić information content (AvgIpc) is 2.59. The molecule has 1 unspecified atom stereocenters. The number of amides is 1. The van der Waals surface area contributed by atoms with Gasteiger partial charge in [-0.1, -0.05) is 23.2 Å². The van der Waals surface area contributed by atoms with Crippen LogP contribution in [0.15, 0.2) is 6.07 Å². The molecule has 1 amide bonds. The molecule has 7 heteroatoms. The molecule has 2 rings (SSSR count). The number of nitrogens with zero attached hydrogens (tertiary/aromatic N) is 1. The van der Waals surface area contributed by atoms with Crippen LogP contribution in [-0.4, -0.2) is 37.0 Å².